The molecule has 0 aliphatic carbocycles. The summed E-state index contributed by atoms with van der Waals surface area (Å²) in [5.74, 6) is 0.104. The molecule has 100 valence electrons. The molecule has 3 heteroatoms. The van der Waals surface area contributed by atoms with Gasteiger partial charge in [-0.15, -0.1) is 0 Å². The number of benzene rings is 2. The zero-order valence-corrected chi connectivity index (χ0v) is 11.5. The van der Waals surface area contributed by atoms with Crippen LogP contribution in [0.3, 0.4) is 0 Å². The van der Waals surface area contributed by atoms with Gasteiger partial charge in [0.15, 0.2) is 0 Å². The molecule has 19 heavy (non-hydrogen) atoms. The minimum Gasteiger partial charge on any atom is -0.344 e. The molecule has 0 fully saturated rings. The zero-order valence-electron chi connectivity index (χ0n) is 11.5. The van der Waals surface area contributed by atoms with Crippen LogP contribution in [-0.2, 0) is 11.2 Å². The van der Waals surface area contributed by atoms with Crippen molar-refractivity contribution >= 4 is 16.7 Å². The number of fused-ring (bicyclic) bond motifs is 1. The van der Waals surface area contributed by atoms with Crippen molar-refractivity contribution in [2.75, 3.05) is 13.6 Å². The van der Waals surface area contributed by atoms with Crippen molar-refractivity contribution in [2.45, 2.75) is 19.4 Å². The number of amides is 1. The summed E-state index contributed by atoms with van der Waals surface area (Å²) < 4.78 is 0. The van der Waals surface area contributed by atoms with Gasteiger partial charge < -0.3 is 10.6 Å². The summed E-state index contributed by atoms with van der Waals surface area (Å²) in [7, 11) is 1.80. The standard InChI is InChI=1S/C16H20N2O/c1-12(17)11-18(2)16(19)10-13-7-8-14-5-3-4-6-15(14)9-13/h3-9,12H,10-11,17H2,1-2H3. The van der Waals surface area contributed by atoms with E-state index in [-0.39, 0.29) is 11.9 Å². The van der Waals surface area contributed by atoms with Crippen LogP contribution in [0, 0.1) is 0 Å². The highest BCUT2D eigenvalue weighted by Crippen LogP contribution is 2.16. The molecule has 0 aromatic heterocycles. The minimum atomic E-state index is 0.00514. The molecule has 0 aliphatic rings. The highest BCUT2D eigenvalue weighted by molar-refractivity contribution is 5.85. The molecule has 0 spiro atoms. The largest absolute Gasteiger partial charge is 0.344 e. The van der Waals surface area contributed by atoms with Gasteiger partial charge in [-0.2, -0.15) is 0 Å². The lowest BCUT2D eigenvalue weighted by atomic mass is 10.0. The molecule has 0 radical (unpaired) electrons. The molecule has 2 aromatic carbocycles. The topological polar surface area (TPSA) is 46.3 Å². The fraction of sp³-hybridized carbons (Fsp3) is 0.312. The smallest absolute Gasteiger partial charge is 0.226 e. The molecule has 2 rings (SSSR count). The van der Waals surface area contributed by atoms with Crippen LogP contribution >= 0.6 is 0 Å². The Hall–Kier alpha value is -1.87. The Morgan fingerprint density at radius 3 is 2.58 bits per heavy atom. The average molecular weight is 256 g/mol. The Morgan fingerprint density at radius 2 is 1.89 bits per heavy atom. The SMILES string of the molecule is CC(N)CN(C)C(=O)Cc1ccc2ccccc2c1. The Bertz CT molecular complexity index is 578. The molecular formula is C16H20N2O. The second-order valence-electron chi connectivity index (χ2n) is 5.11. The van der Waals surface area contributed by atoms with Crippen LogP contribution in [0.1, 0.15) is 12.5 Å². The number of carbonyl (C=O) groups excluding carboxylic acids is 1. The average Bonchev–Trinajstić information content (AvgIpc) is 2.37. The van der Waals surface area contributed by atoms with E-state index in [1.807, 2.05) is 25.1 Å². The first-order chi connectivity index (χ1) is 9.06. The predicted molar refractivity (Wildman–Crippen MR) is 78.9 cm³/mol. The summed E-state index contributed by atoms with van der Waals surface area (Å²) in [5.41, 5.74) is 6.75. The number of nitrogens with two attached hydrogens (primary N) is 1. The molecule has 0 heterocycles. The van der Waals surface area contributed by atoms with E-state index < -0.39 is 0 Å². The molecule has 0 saturated carbocycles. The number of hydrogen-bond donors (Lipinski definition) is 1. The van der Waals surface area contributed by atoms with Crippen molar-refractivity contribution in [3.8, 4) is 0 Å². The van der Waals surface area contributed by atoms with Crippen molar-refractivity contribution < 1.29 is 4.79 Å². The van der Waals surface area contributed by atoms with Crippen LogP contribution in [0.2, 0.25) is 0 Å². The van der Waals surface area contributed by atoms with Gasteiger partial charge in [0.1, 0.15) is 0 Å². The van der Waals surface area contributed by atoms with Crippen molar-refractivity contribution in [1.29, 1.82) is 0 Å². The number of nitrogens with zero attached hydrogens (tertiary/aromatic N) is 1. The minimum absolute atomic E-state index is 0.00514. The second-order valence-corrected chi connectivity index (χ2v) is 5.11. The van der Waals surface area contributed by atoms with Gasteiger partial charge in [-0.25, -0.2) is 0 Å². The highest BCUT2D eigenvalue weighted by atomic mass is 16.2. The van der Waals surface area contributed by atoms with Crippen molar-refractivity contribution in [3.63, 3.8) is 0 Å². The van der Waals surface area contributed by atoms with Gasteiger partial charge in [0.05, 0.1) is 6.42 Å². The number of rotatable bonds is 4. The fourth-order valence-electron chi connectivity index (χ4n) is 2.19. The maximum Gasteiger partial charge on any atom is 0.226 e. The molecule has 0 aliphatic heterocycles. The van der Waals surface area contributed by atoms with Gasteiger partial charge in [-0.1, -0.05) is 42.5 Å². The summed E-state index contributed by atoms with van der Waals surface area (Å²) in [6.45, 7) is 2.49. The van der Waals surface area contributed by atoms with Crippen LogP contribution in [0.5, 0.6) is 0 Å². The van der Waals surface area contributed by atoms with E-state index in [1.54, 1.807) is 11.9 Å². The number of hydrogen-bond acceptors (Lipinski definition) is 2. The maximum atomic E-state index is 12.1. The zero-order chi connectivity index (χ0) is 13.8. The van der Waals surface area contributed by atoms with Gasteiger partial charge in [-0.05, 0) is 23.3 Å². The van der Waals surface area contributed by atoms with Crippen LogP contribution in [0.4, 0.5) is 0 Å². The summed E-state index contributed by atoms with van der Waals surface area (Å²) in [5, 5.41) is 2.37. The normalized spacial score (nSPS) is 12.4. The van der Waals surface area contributed by atoms with E-state index >= 15 is 0 Å². The van der Waals surface area contributed by atoms with Gasteiger partial charge in [0.2, 0.25) is 5.91 Å². The lowest BCUT2D eigenvalue weighted by molar-refractivity contribution is -0.129. The molecule has 0 bridgehead atoms. The lowest BCUT2D eigenvalue weighted by Crippen LogP contribution is -2.37. The van der Waals surface area contributed by atoms with E-state index in [0.29, 0.717) is 13.0 Å². The Labute approximate surface area is 114 Å². The third-order valence-electron chi connectivity index (χ3n) is 3.16. The Kier molecular flexibility index (Phi) is 4.17. The Morgan fingerprint density at radius 1 is 1.21 bits per heavy atom. The van der Waals surface area contributed by atoms with E-state index in [9.17, 15) is 4.79 Å². The molecule has 1 unspecified atom stereocenters. The van der Waals surface area contributed by atoms with Crippen LogP contribution < -0.4 is 5.73 Å². The van der Waals surface area contributed by atoms with Gasteiger partial charge in [-0.3, -0.25) is 4.79 Å². The first-order valence-electron chi connectivity index (χ1n) is 6.53. The summed E-state index contributed by atoms with van der Waals surface area (Å²) >= 11 is 0. The van der Waals surface area contributed by atoms with Crippen molar-refractivity contribution in [3.05, 3.63) is 48.0 Å². The fourth-order valence-corrected chi connectivity index (χ4v) is 2.19. The number of carbonyl (C=O) groups is 1. The second kappa shape index (κ2) is 5.85. The quantitative estimate of drug-likeness (QED) is 0.911. The van der Waals surface area contributed by atoms with Gasteiger partial charge in [0, 0.05) is 19.6 Å². The van der Waals surface area contributed by atoms with Crippen LogP contribution in [-0.4, -0.2) is 30.4 Å². The lowest BCUT2D eigenvalue weighted by Gasteiger charge is -2.19. The number of likely N-dealkylation sites (N-methyl/N-ethyl adjacent to an activating group) is 1. The summed E-state index contributed by atoms with van der Waals surface area (Å²) in [6.07, 6.45) is 0.425. The molecular weight excluding hydrogens is 236 g/mol. The molecule has 1 atom stereocenters. The highest BCUT2D eigenvalue weighted by Gasteiger charge is 2.11. The summed E-state index contributed by atoms with van der Waals surface area (Å²) in [6, 6.07) is 14.3. The predicted octanol–water partition coefficient (Wildman–Crippen LogP) is 2.19. The van der Waals surface area contributed by atoms with E-state index in [4.69, 9.17) is 5.73 Å². The monoisotopic (exact) mass is 256 g/mol. The van der Waals surface area contributed by atoms with Gasteiger partial charge in [0.25, 0.3) is 0 Å². The third-order valence-corrected chi connectivity index (χ3v) is 3.16. The van der Waals surface area contributed by atoms with Crippen LogP contribution in [0.15, 0.2) is 42.5 Å². The molecule has 0 saturated heterocycles. The molecule has 2 N–H and O–H groups in total. The van der Waals surface area contributed by atoms with Crippen LogP contribution in [0.25, 0.3) is 10.8 Å². The third kappa shape index (κ3) is 3.55. The molecule has 1 amide bonds. The molecule has 3 nitrogen and oxygen atoms in total. The summed E-state index contributed by atoms with van der Waals surface area (Å²) in [4.78, 5) is 13.7. The maximum absolute atomic E-state index is 12.1. The van der Waals surface area contributed by atoms with E-state index in [0.717, 1.165) is 5.56 Å². The Balaban J connectivity index is 2.10. The van der Waals surface area contributed by atoms with Crippen molar-refractivity contribution in [2.24, 2.45) is 5.73 Å². The first-order valence-corrected chi connectivity index (χ1v) is 6.53. The van der Waals surface area contributed by atoms with E-state index in [2.05, 4.69) is 24.3 Å². The first kappa shape index (κ1) is 13.6. The van der Waals surface area contributed by atoms with Crippen molar-refractivity contribution in [1.82, 2.24) is 4.90 Å². The van der Waals surface area contributed by atoms with Gasteiger partial charge >= 0.3 is 0 Å². The van der Waals surface area contributed by atoms with E-state index in [1.165, 1.54) is 10.8 Å². The molecule has 2 aromatic rings.